The van der Waals surface area contributed by atoms with Gasteiger partial charge in [0.2, 0.25) is 0 Å². The zero-order valence-electron chi connectivity index (χ0n) is 12.9. The lowest BCUT2D eigenvalue weighted by atomic mass is 9.82. The Kier molecular flexibility index (Phi) is 3.45. The van der Waals surface area contributed by atoms with E-state index in [0.29, 0.717) is 28.0 Å². The number of amides is 1. The standard InChI is InChI=1S/C19H15NO3/c1-10(2)19(23)20-16-11(3)8-9-14-15(16)18(22)13-7-5-4-6-12(13)17(14)21/h4-9H,1H2,2-3H3,(H,20,23). The lowest BCUT2D eigenvalue weighted by Crippen LogP contribution is -2.24. The van der Waals surface area contributed by atoms with Gasteiger partial charge in [0.25, 0.3) is 5.91 Å². The quantitative estimate of drug-likeness (QED) is 0.739. The summed E-state index contributed by atoms with van der Waals surface area (Å²) in [5.41, 5.74) is 2.76. The summed E-state index contributed by atoms with van der Waals surface area (Å²) in [7, 11) is 0. The van der Waals surface area contributed by atoms with Crippen molar-refractivity contribution in [3.05, 3.63) is 76.4 Å². The summed E-state index contributed by atoms with van der Waals surface area (Å²) in [5, 5.41) is 2.71. The number of carbonyl (C=O) groups excluding carboxylic acids is 3. The fourth-order valence-electron chi connectivity index (χ4n) is 2.67. The smallest absolute Gasteiger partial charge is 0.250 e. The third-order valence-corrected chi connectivity index (χ3v) is 3.93. The third kappa shape index (κ3) is 2.28. The molecule has 0 saturated heterocycles. The predicted octanol–water partition coefficient (Wildman–Crippen LogP) is 3.29. The second kappa shape index (κ2) is 5.32. The van der Waals surface area contributed by atoms with Gasteiger partial charge in [0, 0.05) is 22.3 Å². The summed E-state index contributed by atoms with van der Waals surface area (Å²) in [6.07, 6.45) is 0. The average Bonchev–Trinajstić information content (AvgIpc) is 2.54. The minimum absolute atomic E-state index is 0.207. The second-order valence-electron chi connectivity index (χ2n) is 5.62. The van der Waals surface area contributed by atoms with Gasteiger partial charge in [0.05, 0.1) is 11.3 Å². The minimum Gasteiger partial charge on any atom is -0.321 e. The van der Waals surface area contributed by atoms with Gasteiger partial charge in [-0.05, 0) is 25.5 Å². The van der Waals surface area contributed by atoms with Gasteiger partial charge in [-0.15, -0.1) is 0 Å². The number of rotatable bonds is 2. The molecule has 1 aliphatic carbocycles. The van der Waals surface area contributed by atoms with Crippen LogP contribution in [0.3, 0.4) is 0 Å². The number of ketones is 2. The number of hydrogen-bond donors (Lipinski definition) is 1. The van der Waals surface area contributed by atoms with Gasteiger partial charge in [0.1, 0.15) is 0 Å². The number of benzene rings is 2. The van der Waals surface area contributed by atoms with E-state index in [2.05, 4.69) is 11.9 Å². The number of anilines is 1. The number of carbonyl (C=O) groups is 3. The molecule has 0 bridgehead atoms. The van der Waals surface area contributed by atoms with E-state index < -0.39 is 0 Å². The molecule has 0 aliphatic heterocycles. The Hall–Kier alpha value is -3.01. The van der Waals surface area contributed by atoms with E-state index in [4.69, 9.17) is 0 Å². The largest absolute Gasteiger partial charge is 0.321 e. The molecule has 114 valence electrons. The summed E-state index contributed by atoms with van der Waals surface area (Å²) in [6, 6.07) is 10.1. The van der Waals surface area contributed by atoms with Crippen molar-refractivity contribution < 1.29 is 14.4 Å². The van der Waals surface area contributed by atoms with Crippen LogP contribution in [0.15, 0.2) is 48.6 Å². The Morgan fingerprint density at radius 1 is 0.957 bits per heavy atom. The first-order valence-electron chi connectivity index (χ1n) is 7.20. The van der Waals surface area contributed by atoms with Crippen molar-refractivity contribution >= 4 is 23.2 Å². The maximum Gasteiger partial charge on any atom is 0.250 e. The summed E-state index contributed by atoms with van der Waals surface area (Å²) in [6.45, 7) is 6.97. The molecule has 0 radical (unpaired) electrons. The van der Waals surface area contributed by atoms with Gasteiger partial charge in [-0.1, -0.05) is 36.9 Å². The molecule has 2 aromatic rings. The summed E-state index contributed by atoms with van der Waals surface area (Å²) >= 11 is 0. The van der Waals surface area contributed by atoms with Crippen LogP contribution in [-0.4, -0.2) is 17.5 Å². The van der Waals surface area contributed by atoms with Gasteiger partial charge in [-0.2, -0.15) is 0 Å². The number of hydrogen-bond acceptors (Lipinski definition) is 3. The van der Waals surface area contributed by atoms with Crippen molar-refractivity contribution in [1.82, 2.24) is 0 Å². The molecule has 1 N–H and O–H groups in total. The zero-order valence-corrected chi connectivity index (χ0v) is 12.9. The molecule has 0 fully saturated rings. The van der Waals surface area contributed by atoms with Crippen LogP contribution in [-0.2, 0) is 4.79 Å². The number of nitrogens with one attached hydrogen (secondary N) is 1. The summed E-state index contributed by atoms with van der Waals surface area (Å²) in [4.78, 5) is 37.5. The summed E-state index contributed by atoms with van der Waals surface area (Å²) in [5.74, 6) is -0.836. The van der Waals surface area contributed by atoms with Crippen molar-refractivity contribution in [2.75, 3.05) is 5.32 Å². The molecule has 0 saturated carbocycles. The third-order valence-electron chi connectivity index (χ3n) is 3.93. The predicted molar refractivity (Wildman–Crippen MR) is 87.9 cm³/mol. The molecule has 0 heterocycles. The highest BCUT2D eigenvalue weighted by molar-refractivity contribution is 6.31. The van der Waals surface area contributed by atoms with E-state index in [1.807, 2.05) is 0 Å². The zero-order chi connectivity index (χ0) is 16.7. The normalized spacial score (nSPS) is 12.4. The molecule has 1 aliphatic rings. The Balaban J connectivity index is 2.23. The van der Waals surface area contributed by atoms with Crippen molar-refractivity contribution in [3.8, 4) is 0 Å². The van der Waals surface area contributed by atoms with E-state index in [1.54, 1.807) is 50.2 Å². The van der Waals surface area contributed by atoms with Crippen LogP contribution in [0, 0.1) is 6.92 Å². The molecule has 23 heavy (non-hydrogen) atoms. The minimum atomic E-state index is -0.374. The molecule has 0 unspecified atom stereocenters. The topological polar surface area (TPSA) is 63.2 Å². The Morgan fingerprint density at radius 2 is 1.57 bits per heavy atom. The Bertz CT molecular complexity index is 893. The van der Waals surface area contributed by atoms with Crippen LogP contribution in [0.4, 0.5) is 5.69 Å². The van der Waals surface area contributed by atoms with Gasteiger partial charge in [0.15, 0.2) is 11.6 Å². The SMILES string of the molecule is C=C(C)C(=O)Nc1c(C)ccc2c1C(=O)c1ccccc1C2=O. The van der Waals surface area contributed by atoms with E-state index in [9.17, 15) is 14.4 Å². The lowest BCUT2D eigenvalue weighted by Gasteiger charge is -2.21. The monoisotopic (exact) mass is 305 g/mol. The molecular formula is C19H15NO3. The van der Waals surface area contributed by atoms with Crippen molar-refractivity contribution in [2.24, 2.45) is 0 Å². The fraction of sp³-hybridized carbons (Fsp3) is 0.105. The van der Waals surface area contributed by atoms with Gasteiger partial charge >= 0.3 is 0 Å². The first-order valence-corrected chi connectivity index (χ1v) is 7.20. The van der Waals surface area contributed by atoms with E-state index in [1.165, 1.54) is 0 Å². The first-order chi connectivity index (χ1) is 10.9. The maximum atomic E-state index is 12.9. The lowest BCUT2D eigenvalue weighted by molar-refractivity contribution is -0.112. The van der Waals surface area contributed by atoms with Gasteiger partial charge in [-0.3, -0.25) is 14.4 Å². The second-order valence-corrected chi connectivity index (χ2v) is 5.62. The van der Waals surface area contributed by atoms with Crippen LogP contribution in [0.2, 0.25) is 0 Å². The summed E-state index contributed by atoms with van der Waals surface area (Å²) < 4.78 is 0. The van der Waals surface area contributed by atoms with E-state index >= 15 is 0 Å². The number of fused-ring (bicyclic) bond motifs is 2. The highest BCUT2D eigenvalue weighted by Gasteiger charge is 2.32. The van der Waals surface area contributed by atoms with E-state index in [-0.39, 0.29) is 23.0 Å². The first kappa shape index (κ1) is 14.9. The highest BCUT2D eigenvalue weighted by atomic mass is 16.2. The van der Waals surface area contributed by atoms with E-state index in [0.717, 1.165) is 5.56 Å². The molecular weight excluding hydrogens is 290 g/mol. The Morgan fingerprint density at radius 3 is 2.17 bits per heavy atom. The molecule has 0 spiro atoms. The maximum absolute atomic E-state index is 12.9. The van der Waals surface area contributed by atoms with Gasteiger partial charge in [-0.25, -0.2) is 0 Å². The molecule has 4 heteroatoms. The fourth-order valence-corrected chi connectivity index (χ4v) is 2.67. The van der Waals surface area contributed by atoms with Crippen LogP contribution < -0.4 is 5.32 Å². The molecule has 2 aromatic carbocycles. The molecule has 0 atom stereocenters. The van der Waals surface area contributed by atoms with Crippen LogP contribution in [0.1, 0.15) is 44.3 Å². The van der Waals surface area contributed by atoms with Crippen LogP contribution in [0.5, 0.6) is 0 Å². The van der Waals surface area contributed by atoms with Gasteiger partial charge < -0.3 is 5.32 Å². The molecule has 1 amide bonds. The molecule has 4 nitrogen and oxygen atoms in total. The van der Waals surface area contributed by atoms with Crippen molar-refractivity contribution in [1.29, 1.82) is 0 Å². The van der Waals surface area contributed by atoms with Crippen molar-refractivity contribution in [3.63, 3.8) is 0 Å². The molecule has 0 aromatic heterocycles. The van der Waals surface area contributed by atoms with Crippen LogP contribution >= 0.6 is 0 Å². The number of aryl methyl sites for hydroxylation is 1. The van der Waals surface area contributed by atoms with Crippen LogP contribution in [0.25, 0.3) is 0 Å². The average molecular weight is 305 g/mol. The highest BCUT2D eigenvalue weighted by Crippen LogP contribution is 2.34. The van der Waals surface area contributed by atoms with Crippen molar-refractivity contribution in [2.45, 2.75) is 13.8 Å². The Labute approximate surface area is 133 Å². The molecule has 3 rings (SSSR count).